The molecule has 2 aromatic carbocycles. The van der Waals surface area contributed by atoms with E-state index in [-0.39, 0.29) is 86.7 Å². The molecular weight excluding hydrogens is 474 g/mol. The first kappa shape index (κ1) is 30.8. The molecule has 0 saturated heterocycles. The van der Waals surface area contributed by atoms with Gasteiger partial charge in [-0.25, -0.2) is 12.6 Å². The van der Waals surface area contributed by atoms with Crippen molar-refractivity contribution >= 4 is 41.5 Å². The molecule has 0 bridgehead atoms. The zero-order valence-electron chi connectivity index (χ0n) is 13.4. The number of hydrogen-bond donors (Lipinski definition) is 1. The Morgan fingerprint density at radius 2 is 1.56 bits per heavy atom. The largest absolute Gasteiger partial charge is 1.00 e. The van der Waals surface area contributed by atoms with E-state index in [0.717, 1.165) is 10.8 Å². The van der Waals surface area contributed by atoms with Gasteiger partial charge in [-0.05, 0) is 12.1 Å². The van der Waals surface area contributed by atoms with Gasteiger partial charge in [-0.15, -0.1) is 5.75 Å². The van der Waals surface area contributed by atoms with Crippen molar-refractivity contribution in [2.45, 2.75) is 0 Å². The predicted molar refractivity (Wildman–Crippen MR) is 85.9 cm³/mol. The van der Waals surface area contributed by atoms with Gasteiger partial charge in [0.1, 0.15) is 6.29 Å². The summed E-state index contributed by atoms with van der Waals surface area (Å²) in [6.07, 6.45) is 0.824. The molecule has 0 amide bonds. The molecule has 0 saturated carbocycles. The van der Waals surface area contributed by atoms with Gasteiger partial charge in [0.2, 0.25) is 9.15 Å². The van der Waals surface area contributed by atoms with E-state index in [9.17, 15) is 27.1 Å². The Balaban J connectivity index is -0.000000283. The van der Waals surface area contributed by atoms with Crippen LogP contribution >= 0.6 is 15.9 Å². The number of carbonyl (C=O) groups excluding carboxylic acids is 1. The van der Waals surface area contributed by atoms with Crippen molar-refractivity contribution in [3.63, 3.8) is 0 Å². The van der Waals surface area contributed by atoms with Crippen LogP contribution in [0.5, 0.6) is 5.75 Å². The molecule has 0 spiro atoms. The van der Waals surface area contributed by atoms with Gasteiger partial charge in [0.25, 0.3) is 10.1 Å². The first-order valence-corrected chi connectivity index (χ1v) is 9.49. The Morgan fingerprint density at radius 3 is 1.80 bits per heavy atom. The fourth-order valence-electron chi connectivity index (χ4n) is 1.00. The van der Waals surface area contributed by atoms with E-state index < -0.39 is 19.3 Å². The van der Waals surface area contributed by atoms with E-state index >= 15 is 0 Å². The Morgan fingerprint density at radius 1 is 1.08 bits per heavy atom. The number of benzene rings is 2. The van der Waals surface area contributed by atoms with Gasteiger partial charge < -0.3 is 9.66 Å². The van der Waals surface area contributed by atoms with Crippen LogP contribution in [-0.2, 0) is 19.3 Å². The van der Waals surface area contributed by atoms with Crippen molar-refractivity contribution in [1.82, 2.24) is 0 Å². The minimum absolute atomic E-state index is 0. The first-order chi connectivity index (χ1) is 10.7. The summed E-state index contributed by atoms with van der Waals surface area (Å²) in [7, 11) is -8.23. The van der Waals surface area contributed by atoms with Crippen molar-refractivity contribution < 1.29 is 113 Å². The fraction of sp³-hybridized carbons (Fsp3) is 0. The van der Waals surface area contributed by atoms with Crippen molar-refractivity contribution in [1.29, 1.82) is 0 Å². The number of hydrogen-bond acceptors (Lipinski definition) is 6. The Hall–Kier alpha value is 1.05. The normalized spacial score (nSPS) is 10.2. The summed E-state index contributed by atoms with van der Waals surface area (Å²) in [5.41, 5.74) is 0.698. The fourth-order valence-corrected chi connectivity index (χ4v) is 1.42. The van der Waals surface area contributed by atoms with Gasteiger partial charge in [-0.2, -0.15) is 0 Å². The summed E-state index contributed by atoms with van der Waals surface area (Å²) in [5, 5.41) is 10.3. The molecular formula is C13H11BrKNaO7S2. The van der Waals surface area contributed by atoms with Crippen LogP contribution in [0.2, 0.25) is 0 Å². The number of para-hydroxylation sites is 1. The standard InChI is InChI=1S/C7H5BrO.C6H6O.K.Na.H2O5S2/c8-7-3-1-2-6(4-7)5-9;7-6-4-2-1-3-5-6;;;1-6(2)7(3,4)5/h1-5H;1-5,7H;;;(H,1,2)(H,3,4,5)/q;;2*+1;/p-2. The maximum Gasteiger partial charge on any atom is 1.00 e. The summed E-state index contributed by atoms with van der Waals surface area (Å²) in [5.74, 6) is 0.0718. The minimum atomic E-state index is -4.96. The second-order valence-corrected chi connectivity index (χ2v) is 7.86. The van der Waals surface area contributed by atoms with Gasteiger partial charge in [0.05, 0.1) is 0 Å². The third kappa shape index (κ3) is 18.2. The van der Waals surface area contributed by atoms with Crippen molar-refractivity contribution in [3.8, 4) is 5.75 Å². The average molecular weight is 485 g/mol. The molecule has 12 heteroatoms. The molecule has 7 nitrogen and oxygen atoms in total. The van der Waals surface area contributed by atoms with Crippen molar-refractivity contribution in [2.75, 3.05) is 0 Å². The molecule has 2 rings (SSSR count). The van der Waals surface area contributed by atoms with E-state index in [1.54, 1.807) is 24.3 Å². The predicted octanol–water partition coefficient (Wildman–Crippen LogP) is -4.30. The summed E-state index contributed by atoms with van der Waals surface area (Å²) < 4.78 is 45.3. The molecule has 1 unspecified atom stereocenters. The van der Waals surface area contributed by atoms with Crippen LogP contribution in [-0.4, -0.2) is 28.0 Å². The number of aldehydes is 1. The maximum atomic E-state index is 10.3. The minimum Gasteiger partial charge on any atom is -0.872 e. The Kier molecular flexibility index (Phi) is 21.1. The quantitative estimate of drug-likeness (QED) is 0.150. The van der Waals surface area contributed by atoms with Crippen molar-refractivity contribution in [3.05, 3.63) is 64.6 Å². The van der Waals surface area contributed by atoms with E-state index in [1.807, 2.05) is 18.2 Å². The molecule has 0 radical (unpaired) electrons. The number of halogens is 1. The topological polar surface area (TPSA) is 135 Å². The molecule has 1 atom stereocenters. The van der Waals surface area contributed by atoms with Crippen LogP contribution in [0.3, 0.4) is 0 Å². The van der Waals surface area contributed by atoms with Crippen LogP contribution in [0.1, 0.15) is 10.4 Å². The van der Waals surface area contributed by atoms with Crippen LogP contribution < -0.4 is 86.0 Å². The van der Waals surface area contributed by atoms with Crippen LogP contribution in [0.25, 0.3) is 0 Å². The maximum absolute atomic E-state index is 10.3. The van der Waals surface area contributed by atoms with Gasteiger partial charge >= 0.3 is 80.9 Å². The second kappa shape index (κ2) is 17.2. The van der Waals surface area contributed by atoms with Gasteiger partial charge in [-0.1, -0.05) is 58.4 Å². The monoisotopic (exact) mass is 484 g/mol. The molecule has 0 aliphatic carbocycles. The smallest absolute Gasteiger partial charge is 0.872 e. The van der Waals surface area contributed by atoms with Gasteiger partial charge in [0.15, 0.2) is 0 Å². The first-order valence-electron chi connectivity index (χ1n) is 5.67. The molecule has 0 heterocycles. The Bertz CT molecular complexity index is 745. The molecule has 25 heavy (non-hydrogen) atoms. The van der Waals surface area contributed by atoms with Crippen LogP contribution in [0, 0.1) is 0 Å². The van der Waals surface area contributed by atoms with E-state index in [1.165, 1.54) is 12.1 Å². The molecule has 126 valence electrons. The van der Waals surface area contributed by atoms with E-state index in [2.05, 4.69) is 15.9 Å². The number of rotatable bonds is 2. The molecule has 0 aliphatic heterocycles. The zero-order valence-corrected chi connectivity index (χ0v) is 21.7. The molecule has 0 aromatic heterocycles. The summed E-state index contributed by atoms with van der Waals surface area (Å²) in [6.45, 7) is 0. The third-order valence-corrected chi connectivity index (χ3v) is 3.79. The third-order valence-electron chi connectivity index (χ3n) is 1.90. The van der Waals surface area contributed by atoms with E-state index in [0.29, 0.717) is 5.56 Å². The zero-order chi connectivity index (χ0) is 17.9. The Labute approximate surface area is 220 Å². The summed E-state index contributed by atoms with van der Waals surface area (Å²) in [4.78, 5) is 10.1. The second-order valence-electron chi connectivity index (χ2n) is 3.61. The van der Waals surface area contributed by atoms with Gasteiger partial charge in [0, 0.05) is 10.0 Å². The molecule has 1 N–H and O–H groups in total. The van der Waals surface area contributed by atoms with Gasteiger partial charge in [-0.3, -0.25) is 9.35 Å². The SMILES string of the molecule is O=Cc1cccc(Br)c1.O=S(O)S(=O)(=O)[O-].[K+].[Na+].[O-]c1ccccc1. The molecule has 0 aliphatic rings. The molecule has 0 fully saturated rings. The van der Waals surface area contributed by atoms with Crippen LogP contribution in [0.4, 0.5) is 0 Å². The molecule has 2 aromatic rings. The number of carbonyl (C=O) groups is 1. The summed E-state index contributed by atoms with van der Waals surface area (Å²) >= 11 is 3.24. The van der Waals surface area contributed by atoms with E-state index in [4.69, 9.17) is 4.55 Å². The average Bonchev–Trinajstić information content (AvgIpc) is 2.48. The van der Waals surface area contributed by atoms with Crippen LogP contribution in [0.15, 0.2) is 59.1 Å². The summed E-state index contributed by atoms with van der Waals surface area (Å²) in [6, 6.07) is 15.6. The van der Waals surface area contributed by atoms with Crippen molar-refractivity contribution in [2.24, 2.45) is 0 Å².